The summed E-state index contributed by atoms with van der Waals surface area (Å²) in [5.41, 5.74) is -0.00593. The molecule has 1 atom stereocenters. The first-order chi connectivity index (χ1) is 6.99. The molecule has 0 spiro atoms. The van der Waals surface area contributed by atoms with Gasteiger partial charge in [-0.3, -0.25) is 4.79 Å². The van der Waals surface area contributed by atoms with Crippen LogP contribution in [0.2, 0.25) is 0 Å². The lowest BCUT2D eigenvalue weighted by atomic mass is 9.89. The number of carbonyl (C=O) groups is 1. The third kappa shape index (κ3) is 3.11. The highest BCUT2D eigenvalue weighted by molar-refractivity contribution is 7.13. The molecule has 0 fully saturated rings. The van der Waals surface area contributed by atoms with Crippen LogP contribution in [0.3, 0.4) is 0 Å². The molecule has 0 bridgehead atoms. The molecule has 0 N–H and O–H groups in total. The molecule has 4 heteroatoms. The summed E-state index contributed by atoms with van der Waals surface area (Å²) < 4.78 is 5.68. The first-order valence-corrected chi connectivity index (χ1v) is 5.83. The van der Waals surface area contributed by atoms with Gasteiger partial charge in [0.15, 0.2) is 6.29 Å². The Hall–Kier alpha value is -0.740. The highest BCUT2D eigenvalue weighted by atomic mass is 32.1. The number of aldehydes is 1. The van der Waals surface area contributed by atoms with E-state index in [1.165, 1.54) is 11.3 Å². The van der Waals surface area contributed by atoms with Crippen molar-refractivity contribution in [1.82, 2.24) is 4.98 Å². The average Bonchev–Trinajstić information content (AvgIpc) is 2.60. The van der Waals surface area contributed by atoms with Crippen LogP contribution in [0.1, 0.15) is 48.5 Å². The molecule has 0 saturated heterocycles. The van der Waals surface area contributed by atoms with E-state index < -0.39 is 0 Å². The summed E-state index contributed by atoms with van der Waals surface area (Å²) in [5.74, 6) is 0. The highest BCUT2D eigenvalue weighted by Gasteiger charge is 2.29. The Morgan fingerprint density at radius 1 is 1.60 bits per heavy atom. The molecule has 3 nitrogen and oxygen atoms in total. The van der Waals surface area contributed by atoms with Crippen molar-refractivity contribution in [3.63, 3.8) is 0 Å². The number of aromatic nitrogens is 1. The molecular weight excluding hydrogens is 210 g/mol. The van der Waals surface area contributed by atoms with Crippen LogP contribution in [0.4, 0.5) is 0 Å². The lowest BCUT2D eigenvalue weighted by Crippen LogP contribution is -2.21. The van der Waals surface area contributed by atoms with Crippen LogP contribution in [-0.4, -0.2) is 17.9 Å². The molecule has 0 amide bonds. The van der Waals surface area contributed by atoms with Gasteiger partial charge < -0.3 is 4.74 Å². The van der Waals surface area contributed by atoms with E-state index in [4.69, 9.17) is 4.74 Å². The molecule has 84 valence electrons. The van der Waals surface area contributed by atoms with Gasteiger partial charge in [-0.1, -0.05) is 20.8 Å². The molecule has 15 heavy (non-hydrogen) atoms. The van der Waals surface area contributed by atoms with Crippen LogP contribution in [-0.2, 0) is 4.74 Å². The Kier molecular flexibility index (Phi) is 3.99. The van der Waals surface area contributed by atoms with Gasteiger partial charge in [0.2, 0.25) is 0 Å². The molecule has 1 unspecified atom stereocenters. The zero-order chi connectivity index (χ0) is 11.5. The van der Waals surface area contributed by atoms with E-state index in [0.717, 1.165) is 11.3 Å². The van der Waals surface area contributed by atoms with Crippen LogP contribution < -0.4 is 0 Å². The Morgan fingerprint density at radius 3 is 2.67 bits per heavy atom. The summed E-state index contributed by atoms with van der Waals surface area (Å²) in [6.45, 7) is 8.94. The van der Waals surface area contributed by atoms with Gasteiger partial charge in [-0.05, 0) is 12.3 Å². The van der Waals surface area contributed by atoms with Gasteiger partial charge in [-0.2, -0.15) is 0 Å². The SMILES string of the molecule is CCOC(c1ncc(C=O)s1)C(C)(C)C. The minimum absolute atomic E-state index is 0.00593. The van der Waals surface area contributed by atoms with E-state index in [1.807, 2.05) is 6.92 Å². The van der Waals surface area contributed by atoms with Crippen molar-refractivity contribution in [1.29, 1.82) is 0 Å². The van der Waals surface area contributed by atoms with Gasteiger partial charge >= 0.3 is 0 Å². The van der Waals surface area contributed by atoms with E-state index in [-0.39, 0.29) is 11.5 Å². The number of hydrogen-bond acceptors (Lipinski definition) is 4. The summed E-state index contributed by atoms with van der Waals surface area (Å²) in [6.07, 6.45) is 2.39. The number of rotatable bonds is 4. The van der Waals surface area contributed by atoms with Crippen molar-refractivity contribution in [2.75, 3.05) is 6.61 Å². The van der Waals surface area contributed by atoms with Crippen molar-refractivity contribution < 1.29 is 9.53 Å². The maximum atomic E-state index is 10.6. The van der Waals surface area contributed by atoms with Crippen molar-refractivity contribution in [3.05, 3.63) is 16.1 Å². The molecule has 0 aliphatic carbocycles. The van der Waals surface area contributed by atoms with E-state index >= 15 is 0 Å². The second-order valence-corrected chi connectivity index (χ2v) is 5.51. The van der Waals surface area contributed by atoms with Gasteiger partial charge in [0.25, 0.3) is 0 Å². The lowest BCUT2D eigenvalue weighted by Gasteiger charge is -2.28. The van der Waals surface area contributed by atoms with Gasteiger partial charge in [0.05, 0.1) is 4.88 Å². The van der Waals surface area contributed by atoms with Crippen molar-refractivity contribution in [2.24, 2.45) is 5.41 Å². The molecule has 0 aliphatic heterocycles. The van der Waals surface area contributed by atoms with Crippen molar-refractivity contribution >= 4 is 17.6 Å². The van der Waals surface area contributed by atoms with Crippen LogP contribution in [0.5, 0.6) is 0 Å². The first kappa shape index (κ1) is 12.3. The zero-order valence-corrected chi connectivity index (χ0v) is 10.4. The minimum Gasteiger partial charge on any atom is -0.371 e. The van der Waals surface area contributed by atoms with Gasteiger partial charge in [0, 0.05) is 12.8 Å². The van der Waals surface area contributed by atoms with E-state index in [2.05, 4.69) is 25.8 Å². The van der Waals surface area contributed by atoms with Crippen LogP contribution in [0.25, 0.3) is 0 Å². The number of nitrogens with zero attached hydrogens (tertiary/aromatic N) is 1. The van der Waals surface area contributed by atoms with Gasteiger partial charge in [0.1, 0.15) is 11.1 Å². The number of carbonyl (C=O) groups excluding carboxylic acids is 1. The lowest BCUT2D eigenvalue weighted by molar-refractivity contribution is -0.0133. The molecule has 0 aliphatic rings. The zero-order valence-electron chi connectivity index (χ0n) is 9.61. The Balaban J connectivity index is 2.93. The molecule has 0 saturated carbocycles. The second-order valence-electron chi connectivity index (χ2n) is 4.42. The van der Waals surface area contributed by atoms with Crippen molar-refractivity contribution in [3.8, 4) is 0 Å². The normalized spacial score (nSPS) is 13.9. The summed E-state index contributed by atoms with van der Waals surface area (Å²) in [7, 11) is 0. The Bertz CT molecular complexity index is 328. The summed E-state index contributed by atoms with van der Waals surface area (Å²) in [6, 6.07) is 0. The topological polar surface area (TPSA) is 39.2 Å². The second kappa shape index (κ2) is 4.86. The predicted molar refractivity (Wildman–Crippen MR) is 61.3 cm³/mol. The summed E-state index contributed by atoms with van der Waals surface area (Å²) in [4.78, 5) is 15.5. The number of hydrogen-bond donors (Lipinski definition) is 0. The standard InChI is InChI=1S/C11H17NO2S/c1-5-14-9(11(2,3)4)10-12-6-8(7-13)15-10/h6-7,9H,5H2,1-4H3. The largest absolute Gasteiger partial charge is 0.371 e. The fraction of sp³-hybridized carbons (Fsp3) is 0.636. The Labute approximate surface area is 94.5 Å². The van der Waals surface area contributed by atoms with E-state index in [0.29, 0.717) is 11.5 Å². The van der Waals surface area contributed by atoms with Crippen molar-refractivity contribution in [2.45, 2.75) is 33.8 Å². The Morgan fingerprint density at radius 2 is 2.27 bits per heavy atom. The quantitative estimate of drug-likeness (QED) is 0.742. The molecular formula is C11H17NO2S. The molecule has 1 aromatic rings. The monoisotopic (exact) mass is 227 g/mol. The average molecular weight is 227 g/mol. The third-order valence-electron chi connectivity index (χ3n) is 2.00. The maximum absolute atomic E-state index is 10.6. The molecule has 1 heterocycles. The van der Waals surface area contributed by atoms with Gasteiger partial charge in [-0.15, -0.1) is 11.3 Å². The summed E-state index contributed by atoms with van der Waals surface area (Å²) in [5, 5.41) is 0.881. The molecule has 0 radical (unpaired) electrons. The van der Waals surface area contributed by atoms with Crippen LogP contribution in [0, 0.1) is 5.41 Å². The fourth-order valence-electron chi connectivity index (χ4n) is 1.33. The third-order valence-corrected chi connectivity index (χ3v) is 2.97. The van der Waals surface area contributed by atoms with E-state index in [9.17, 15) is 4.79 Å². The van der Waals surface area contributed by atoms with E-state index in [1.54, 1.807) is 6.20 Å². The smallest absolute Gasteiger partial charge is 0.161 e. The highest BCUT2D eigenvalue weighted by Crippen LogP contribution is 2.37. The predicted octanol–water partition coefficient (Wildman–Crippen LogP) is 3.08. The minimum atomic E-state index is -0.0406. The van der Waals surface area contributed by atoms with Crippen LogP contribution >= 0.6 is 11.3 Å². The number of thiazole rings is 1. The first-order valence-electron chi connectivity index (χ1n) is 5.01. The maximum Gasteiger partial charge on any atom is 0.161 e. The molecule has 1 aromatic heterocycles. The van der Waals surface area contributed by atoms with Crippen LogP contribution in [0.15, 0.2) is 6.20 Å². The fourth-order valence-corrected chi connectivity index (χ4v) is 2.36. The van der Waals surface area contributed by atoms with Gasteiger partial charge in [-0.25, -0.2) is 4.98 Å². The molecule has 1 rings (SSSR count). The number of ether oxygens (including phenoxy) is 1. The summed E-state index contributed by atoms with van der Waals surface area (Å²) >= 11 is 1.40. The molecule has 0 aromatic carbocycles.